The fourth-order valence-corrected chi connectivity index (χ4v) is 4.21. The minimum atomic E-state index is -1.12. The van der Waals surface area contributed by atoms with Crippen LogP contribution < -0.4 is 14.2 Å². The number of hydrogen-bond donors (Lipinski definition) is 1. The first-order valence-corrected chi connectivity index (χ1v) is 10.1. The zero-order valence-corrected chi connectivity index (χ0v) is 16.8. The lowest BCUT2D eigenvalue weighted by Gasteiger charge is -2.16. The number of methoxy groups -OCH3 is 1. The van der Waals surface area contributed by atoms with Crippen molar-refractivity contribution in [2.24, 2.45) is 5.92 Å². The highest BCUT2D eigenvalue weighted by molar-refractivity contribution is 6.26. The molecule has 1 heterocycles. The van der Waals surface area contributed by atoms with E-state index in [-0.39, 0.29) is 18.1 Å². The first-order valence-electron chi connectivity index (χ1n) is 10.1. The van der Waals surface area contributed by atoms with E-state index in [1.807, 2.05) is 0 Å². The van der Waals surface area contributed by atoms with Crippen molar-refractivity contribution >= 4 is 17.3 Å². The number of benzene rings is 2. The molecule has 1 fully saturated rings. The van der Waals surface area contributed by atoms with Crippen LogP contribution >= 0.6 is 0 Å². The molecule has 156 valence electrons. The van der Waals surface area contributed by atoms with Gasteiger partial charge in [-0.2, -0.15) is 0 Å². The Morgan fingerprint density at radius 1 is 1.00 bits per heavy atom. The van der Waals surface area contributed by atoms with Crippen LogP contribution in [0.15, 0.2) is 48.0 Å². The van der Waals surface area contributed by atoms with Gasteiger partial charge in [0.1, 0.15) is 5.75 Å². The Hall–Kier alpha value is -3.28. The van der Waals surface area contributed by atoms with Crippen LogP contribution in [0.4, 0.5) is 0 Å². The number of carbonyl (C=O) groups excluding carboxylic acids is 1. The summed E-state index contributed by atoms with van der Waals surface area (Å²) in [6, 6.07) is 11.8. The van der Waals surface area contributed by atoms with E-state index >= 15 is 0 Å². The fraction of sp³-hybridized carbons (Fsp3) is 0.333. The van der Waals surface area contributed by atoms with Gasteiger partial charge in [0.25, 0.3) is 0 Å². The lowest BCUT2D eigenvalue weighted by molar-refractivity contribution is -0.130. The van der Waals surface area contributed by atoms with Crippen LogP contribution in [0.3, 0.4) is 0 Å². The van der Waals surface area contributed by atoms with Crippen LogP contribution in [-0.4, -0.2) is 30.8 Å². The maximum atomic E-state index is 13.5. The zero-order chi connectivity index (χ0) is 21.1. The lowest BCUT2D eigenvalue weighted by atomic mass is 9.86. The van der Waals surface area contributed by atoms with Gasteiger partial charge >= 0.3 is 5.97 Å². The molecule has 0 aromatic heterocycles. The summed E-state index contributed by atoms with van der Waals surface area (Å²) in [6.07, 6.45) is 4.68. The van der Waals surface area contributed by atoms with E-state index in [0.29, 0.717) is 46.3 Å². The van der Waals surface area contributed by atoms with E-state index in [4.69, 9.17) is 14.2 Å². The maximum absolute atomic E-state index is 13.5. The number of ketones is 1. The first-order chi connectivity index (χ1) is 14.6. The summed E-state index contributed by atoms with van der Waals surface area (Å²) >= 11 is 0. The van der Waals surface area contributed by atoms with Crippen molar-refractivity contribution in [2.75, 3.05) is 13.9 Å². The third kappa shape index (κ3) is 4.03. The fourth-order valence-electron chi connectivity index (χ4n) is 4.21. The average Bonchev–Trinajstić information content (AvgIpc) is 3.44. The molecule has 1 aliphatic carbocycles. The minimum absolute atomic E-state index is 0.0287. The summed E-state index contributed by atoms with van der Waals surface area (Å²) in [5.74, 6) is 0.627. The van der Waals surface area contributed by atoms with Gasteiger partial charge in [-0.05, 0) is 54.3 Å². The lowest BCUT2D eigenvalue weighted by Crippen LogP contribution is -2.14. The van der Waals surface area contributed by atoms with E-state index in [2.05, 4.69) is 0 Å². The Morgan fingerprint density at radius 2 is 1.67 bits per heavy atom. The van der Waals surface area contributed by atoms with E-state index in [1.165, 1.54) is 0 Å². The smallest absolute Gasteiger partial charge is 0.336 e. The third-order valence-electron chi connectivity index (χ3n) is 5.77. The molecule has 0 atom stereocenters. The van der Waals surface area contributed by atoms with Gasteiger partial charge in [-0.25, -0.2) is 4.79 Å². The number of ether oxygens (including phenoxy) is 3. The van der Waals surface area contributed by atoms with Gasteiger partial charge in [-0.15, -0.1) is 0 Å². The second kappa shape index (κ2) is 8.61. The number of aliphatic carboxylic acids is 1. The van der Waals surface area contributed by atoms with E-state index in [0.717, 1.165) is 25.7 Å². The molecule has 1 aliphatic heterocycles. The average molecular weight is 408 g/mol. The quantitative estimate of drug-likeness (QED) is 0.527. The van der Waals surface area contributed by atoms with Crippen molar-refractivity contribution in [3.63, 3.8) is 0 Å². The van der Waals surface area contributed by atoms with Gasteiger partial charge in [0.2, 0.25) is 6.79 Å². The molecule has 30 heavy (non-hydrogen) atoms. The third-order valence-corrected chi connectivity index (χ3v) is 5.77. The van der Waals surface area contributed by atoms with Crippen LogP contribution in [0.25, 0.3) is 5.57 Å². The maximum Gasteiger partial charge on any atom is 0.336 e. The number of carboxylic acid groups (broad SMARTS) is 1. The SMILES string of the molecule is COc1ccc(C(=O)/C(CC2CCCC2)=C(\C(=O)O)c2ccc3c(c2)OCO3)cc1. The number of carboxylic acids is 1. The Balaban J connectivity index is 1.80. The molecule has 4 rings (SSSR count). The van der Waals surface area contributed by atoms with Gasteiger partial charge in [0.15, 0.2) is 17.3 Å². The van der Waals surface area contributed by atoms with Crippen molar-refractivity contribution < 1.29 is 28.9 Å². The van der Waals surface area contributed by atoms with Crippen LogP contribution in [-0.2, 0) is 4.79 Å². The zero-order valence-electron chi connectivity index (χ0n) is 16.8. The monoisotopic (exact) mass is 408 g/mol. The predicted molar refractivity (Wildman–Crippen MR) is 111 cm³/mol. The Bertz CT molecular complexity index is 983. The Morgan fingerprint density at radius 3 is 2.33 bits per heavy atom. The number of allylic oxidation sites excluding steroid dienone is 1. The number of Topliss-reactive ketones (excluding diaryl/α,β-unsaturated/α-hetero) is 1. The molecular formula is C24H24O6. The van der Waals surface area contributed by atoms with Crippen LogP contribution in [0.5, 0.6) is 17.2 Å². The van der Waals surface area contributed by atoms with Crippen molar-refractivity contribution in [1.82, 2.24) is 0 Å². The highest BCUT2D eigenvalue weighted by Crippen LogP contribution is 2.38. The molecule has 1 saturated carbocycles. The normalized spacial score (nSPS) is 16.3. The Kier molecular flexibility index (Phi) is 5.74. The summed E-state index contributed by atoms with van der Waals surface area (Å²) < 4.78 is 15.9. The summed E-state index contributed by atoms with van der Waals surface area (Å²) in [7, 11) is 1.56. The van der Waals surface area contributed by atoms with E-state index in [9.17, 15) is 14.7 Å². The summed E-state index contributed by atoms with van der Waals surface area (Å²) in [4.78, 5) is 25.8. The molecule has 0 radical (unpaired) electrons. The van der Waals surface area contributed by atoms with Crippen molar-refractivity contribution in [2.45, 2.75) is 32.1 Å². The highest BCUT2D eigenvalue weighted by atomic mass is 16.7. The summed E-state index contributed by atoms with van der Waals surface area (Å²) in [5.41, 5.74) is 1.25. The van der Waals surface area contributed by atoms with Crippen LogP contribution in [0.2, 0.25) is 0 Å². The highest BCUT2D eigenvalue weighted by Gasteiger charge is 2.28. The molecule has 2 aromatic carbocycles. The molecule has 1 N–H and O–H groups in total. The molecular weight excluding hydrogens is 384 g/mol. The predicted octanol–water partition coefficient (Wildman–Crippen LogP) is 4.73. The van der Waals surface area contributed by atoms with Crippen LogP contribution in [0.1, 0.15) is 48.0 Å². The Labute approximate surface area is 175 Å². The van der Waals surface area contributed by atoms with Crippen molar-refractivity contribution in [1.29, 1.82) is 0 Å². The van der Waals surface area contributed by atoms with E-state index < -0.39 is 5.97 Å². The second-order valence-corrected chi connectivity index (χ2v) is 7.64. The molecule has 0 spiro atoms. The minimum Gasteiger partial charge on any atom is -0.497 e. The van der Waals surface area contributed by atoms with Gasteiger partial charge in [-0.1, -0.05) is 31.7 Å². The molecule has 0 saturated heterocycles. The number of hydrogen-bond acceptors (Lipinski definition) is 5. The number of fused-ring (bicyclic) bond motifs is 1. The molecule has 6 heteroatoms. The number of rotatable bonds is 7. The van der Waals surface area contributed by atoms with Crippen molar-refractivity contribution in [3.05, 3.63) is 59.2 Å². The largest absolute Gasteiger partial charge is 0.497 e. The second-order valence-electron chi connectivity index (χ2n) is 7.64. The molecule has 0 amide bonds. The van der Waals surface area contributed by atoms with Gasteiger partial charge in [0.05, 0.1) is 12.7 Å². The molecule has 6 nitrogen and oxygen atoms in total. The topological polar surface area (TPSA) is 82.1 Å². The summed E-state index contributed by atoms with van der Waals surface area (Å²) in [6.45, 7) is 0.102. The first kappa shape index (κ1) is 20.0. The van der Waals surface area contributed by atoms with Gasteiger partial charge in [0, 0.05) is 11.1 Å². The number of carbonyl (C=O) groups is 2. The van der Waals surface area contributed by atoms with Crippen LogP contribution in [0, 0.1) is 5.92 Å². The van der Waals surface area contributed by atoms with Crippen molar-refractivity contribution in [3.8, 4) is 17.2 Å². The van der Waals surface area contributed by atoms with Gasteiger partial charge in [-0.3, -0.25) is 4.79 Å². The molecule has 0 bridgehead atoms. The summed E-state index contributed by atoms with van der Waals surface area (Å²) in [5, 5.41) is 10.1. The van der Waals surface area contributed by atoms with Gasteiger partial charge < -0.3 is 19.3 Å². The van der Waals surface area contributed by atoms with E-state index in [1.54, 1.807) is 49.6 Å². The molecule has 0 unspecified atom stereocenters. The standard InChI is InChI=1S/C24H24O6/c1-28-18-9-6-16(7-10-18)23(25)19(12-15-4-2-3-5-15)22(24(26)27)17-8-11-20-21(13-17)30-14-29-20/h6-11,13,15H,2-5,12,14H2,1H3,(H,26,27)/b22-19-. The molecule has 2 aromatic rings. The molecule has 2 aliphatic rings.